The minimum Gasteiger partial charge on any atom is -0.507 e. The van der Waals surface area contributed by atoms with E-state index in [0.29, 0.717) is 33.8 Å². The first-order valence-electron chi connectivity index (χ1n) is 15.2. The van der Waals surface area contributed by atoms with E-state index in [4.69, 9.17) is 9.10 Å². The second-order valence-corrected chi connectivity index (χ2v) is 10.7. The zero-order chi connectivity index (χ0) is 31.8. The maximum atomic E-state index is 13.7. The van der Waals surface area contributed by atoms with Crippen molar-refractivity contribution in [3.63, 3.8) is 0 Å². The fourth-order valence-corrected chi connectivity index (χ4v) is 5.28. The Bertz CT molecular complexity index is 1980. The molecule has 0 spiro atoms. The molecule has 2 aromatic heterocycles. The summed E-state index contributed by atoms with van der Waals surface area (Å²) in [5.74, 6) is -0.270. The number of benzene rings is 4. The molecule has 0 aliphatic heterocycles. The zero-order valence-electron chi connectivity index (χ0n) is 26.6. The average Bonchev–Trinajstić information content (AvgIpc) is 3.05. The summed E-state index contributed by atoms with van der Waals surface area (Å²) < 4.78 is 38.2. The van der Waals surface area contributed by atoms with Crippen LogP contribution in [0.1, 0.15) is 34.7 Å². The average molecular weight is 748 g/mol. The molecule has 216 valence electrons. The molecule has 0 amide bonds. The van der Waals surface area contributed by atoms with Gasteiger partial charge in [0.2, 0.25) is 0 Å². The first-order valence-corrected chi connectivity index (χ1v) is 13.7. The third-order valence-electron chi connectivity index (χ3n) is 7.58. The molecule has 1 N–H and O–H groups in total. The predicted molar refractivity (Wildman–Crippen MR) is 168 cm³/mol. The van der Waals surface area contributed by atoms with Crippen LogP contribution >= 0.6 is 0 Å². The Kier molecular flexibility index (Phi) is 7.60. The Morgan fingerprint density at radius 3 is 2.14 bits per heavy atom. The molecule has 5 heteroatoms. The number of halogens is 1. The van der Waals surface area contributed by atoms with Gasteiger partial charge in [-0.2, -0.15) is 0 Å². The van der Waals surface area contributed by atoms with Crippen LogP contribution < -0.4 is 0 Å². The first-order chi connectivity index (χ1) is 21.5. The van der Waals surface area contributed by atoms with Crippen molar-refractivity contribution in [1.29, 1.82) is 0 Å². The molecule has 43 heavy (non-hydrogen) atoms. The summed E-state index contributed by atoms with van der Waals surface area (Å²) in [4.78, 5) is 9.55. The van der Waals surface area contributed by atoms with Gasteiger partial charge < -0.3 is 5.11 Å². The molecule has 0 saturated carbocycles. The monoisotopic (exact) mass is 747 g/mol. The number of nitrogens with zero attached hydrogens (tertiary/aromatic N) is 2. The molecule has 0 saturated heterocycles. The fourth-order valence-electron chi connectivity index (χ4n) is 5.28. The van der Waals surface area contributed by atoms with Gasteiger partial charge in [0, 0.05) is 53.7 Å². The predicted octanol–water partition coefficient (Wildman–Crippen LogP) is 9.42. The van der Waals surface area contributed by atoms with Crippen LogP contribution in [0.2, 0.25) is 0 Å². The van der Waals surface area contributed by atoms with Crippen LogP contribution in [0, 0.1) is 18.7 Å². The molecular weight excluding hydrogens is 715 g/mol. The number of pyridine rings is 2. The Morgan fingerprint density at radius 2 is 1.44 bits per heavy atom. The molecule has 6 aromatic rings. The van der Waals surface area contributed by atoms with Crippen LogP contribution in [0.4, 0.5) is 4.39 Å². The summed E-state index contributed by atoms with van der Waals surface area (Å²) in [5, 5.41) is 11.1. The van der Waals surface area contributed by atoms with Gasteiger partial charge in [-0.1, -0.05) is 111 Å². The summed E-state index contributed by atoms with van der Waals surface area (Å²) in [6.45, 7) is 1.65. The third-order valence-corrected chi connectivity index (χ3v) is 7.58. The molecule has 6 rings (SSSR count). The number of rotatable bonds is 6. The molecule has 0 radical (unpaired) electrons. The van der Waals surface area contributed by atoms with E-state index in [1.54, 1.807) is 54.7 Å². The van der Waals surface area contributed by atoms with Crippen LogP contribution in [0.3, 0.4) is 0 Å². The summed E-state index contributed by atoms with van der Waals surface area (Å²) in [6.07, 6.45) is 1.77. The van der Waals surface area contributed by atoms with E-state index in [9.17, 15) is 9.50 Å². The van der Waals surface area contributed by atoms with Gasteiger partial charge in [0.1, 0.15) is 11.6 Å². The van der Waals surface area contributed by atoms with Crippen molar-refractivity contribution in [1.82, 2.24) is 9.97 Å². The molecule has 0 unspecified atom stereocenters. The number of phenols is 1. The van der Waals surface area contributed by atoms with E-state index >= 15 is 0 Å². The van der Waals surface area contributed by atoms with E-state index in [-0.39, 0.29) is 38.2 Å². The maximum absolute atomic E-state index is 13.7. The van der Waals surface area contributed by atoms with Gasteiger partial charge in [0.25, 0.3) is 0 Å². The largest absolute Gasteiger partial charge is 0.507 e. The first kappa shape index (κ1) is 26.2. The quantitative estimate of drug-likeness (QED) is 0.173. The number of aromatic nitrogens is 2. The van der Waals surface area contributed by atoms with Crippen LogP contribution in [-0.4, -0.2) is 15.1 Å². The number of aryl methyl sites for hydroxylation is 1. The van der Waals surface area contributed by atoms with Crippen LogP contribution in [0.15, 0.2) is 121 Å². The van der Waals surface area contributed by atoms with Crippen molar-refractivity contribution in [3.8, 4) is 50.6 Å². The van der Waals surface area contributed by atoms with Crippen LogP contribution in [0.5, 0.6) is 5.75 Å². The van der Waals surface area contributed by atoms with Crippen molar-refractivity contribution in [3.05, 3.63) is 150 Å². The molecule has 0 fully saturated rings. The van der Waals surface area contributed by atoms with Gasteiger partial charge in [-0.25, -0.2) is 4.39 Å². The molecule has 0 aliphatic carbocycles. The molecule has 0 atom stereocenters. The van der Waals surface area contributed by atoms with Gasteiger partial charge >= 0.3 is 0 Å². The van der Waals surface area contributed by atoms with Crippen molar-refractivity contribution < 1.29 is 34.7 Å². The fraction of sp³-hybridized carbons (Fsp3) is 0.105. The standard InChI is InChI=1S/C38H30FN2O.Pt/c1-25-21-28(33-20-15-27(24-40-33)26-9-5-4-6-10-26)23-29(22-25)34-12-8-13-35(41-34)37-32(11-7-14-36(37)42)38(2,3)30-16-18-31(39)19-17-30;/h4-22,24,42H,1-3H3;/q-1;/i1D3;. The molecular formula is C38H30FN2OPt-. The summed E-state index contributed by atoms with van der Waals surface area (Å²) in [7, 11) is 0. The van der Waals surface area contributed by atoms with E-state index in [2.05, 4.69) is 11.1 Å². The van der Waals surface area contributed by atoms with Crippen LogP contribution in [0.25, 0.3) is 44.9 Å². The smallest absolute Gasteiger partial charge is 0.125 e. The van der Waals surface area contributed by atoms with Crippen molar-refractivity contribution in [2.45, 2.75) is 26.1 Å². The topological polar surface area (TPSA) is 46.0 Å². The summed E-state index contributed by atoms with van der Waals surface area (Å²) in [6, 6.07) is 37.3. The molecule has 2 heterocycles. The Balaban J connectivity index is 0.00000417. The van der Waals surface area contributed by atoms with Crippen LogP contribution in [-0.2, 0) is 26.5 Å². The zero-order valence-corrected chi connectivity index (χ0v) is 25.9. The summed E-state index contributed by atoms with van der Waals surface area (Å²) in [5.41, 5.74) is 6.36. The van der Waals surface area contributed by atoms with Gasteiger partial charge in [-0.05, 0) is 46.5 Å². The SMILES string of the molecule is [2H]C([2H])([2H])c1cc(-c2ccc(-c3ccccc3)cn2)[c-]c(-c2cccc(-c3c(O)cccc3C(C)(C)c3ccc(F)cc3)n2)c1.[Pt]. The van der Waals surface area contributed by atoms with Gasteiger partial charge in [0.05, 0.1) is 5.69 Å². The van der Waals surface area contributed by atoms with E-state index in [0.717, 1.165) is 22.3 Å². The Hall–Kier alpha value is -4.40. The molecule has 0 aliphatic rings. The van der Waals surface area contributed by atoms with Gasteiger partial charge in [0.15, 0.2) is 0 Å². The second-order valence-electron chi connectivity index (χ2n) is 10.7. The number of aromatic hydroxyl groups is 1. The maximum Gasteiger partial charge on any atom is 0.125 e. The number of phenolic OH excluding ortho intramolecular Hbond substituents is 1. The van der Waals surface area contributed by atoms with E-state index in [1.165, 1.54) is 12.1 Å². The molecule has 3 nitrogen and oxygen atoms in total. The normalized spacial score (nSPS) is 12.5. The second kappa shape index (κ2) is 12.5. The molecule has 4 aromatic carbocycles. The van der Waals surface area contributed by atoms with Crippen molar-refractivity contribution in [2.75, 3.05) is 0 Å². The Labute approximate surface area is 270 Å². The van der Waals surface area contributed by atoms with E-state index in [1.807, 2.05) is 68.4 Å². The Morgan fingerprint density at radius 1 is 0.744 bits per heavy atom. The van der Waals surface area contributed by atoms with Gasteiger partial charge in [-0.15, -0.1) is 23.8 Å². The number of hydrogen-bond acceptors (Lipinski definition) is 3. The minimum atomic E-state index is -2.37. The van der Waals surface area contributed by atoms with Gasteiger partial charge in [-0.3, -0.25) is 9.97 Å². The minimum absolute atomic E-state index is 0. The van der Waals surface area contributed by atoms with E-state index < -0.39 is 12.3 Å². The van der Waals surface area contributed by atoms with Crippen molar-refractivity contribution in [2.24, 2.45) is 0 Å². The molecule has 0 bridgehead atoms. The summed E-state index contributed by atoms with van der Waals surface area (Å²) >= 11 is 0. The van der Waals surface area contributed by atoms with Crippen molar-refractivity contribution >= 4 is 0 Å². The number of hydrogen-bond donors (Lipinski definition) is 1. The third kappa shape index (κ3) is 6.21.